The normalized spacial score (nSPS) is 13.4. The number of carboxylic acid groups (broad SMARTS) is 1. The van der Waals surface area contributed by atoms with Crippen molar-refractivity contribution >= 4 is 73.7 Å². The third-order valence-corrected chi connectivity index (χ3v) is 5.72. The number of rotatable bonds is 5. The highest BCUT2D eigenvalue weighted by Crippen LogP contribution is 2.35. The van der Waals surface area contributed by atoms with Crippen molar-refractivity contribution in [3.05, 3.63) is 46.6 Å². The Labute approximate surface area is 180 Å². The van der Waals surface area contributed by atoms with Crippen molar-refractivity contribution in [2.45, 2.75) is 18.9 Å². The van der Waals surface area contributed by atoms with Crippen LogP contribution in [0.5, 0.6) is 17.2 Å². The molecule has 2 aromatic carbocycles. The lowest BCUT2D eigenvalue weighted by Gasteiger charge is -2.20. The van der Waals surface area contributed by atoms with Crippen molar-refractivity contribution < 1.29 is 19.7 Å². The fourth-order valence-electron chi connectivity index (χ4n) is 1.98. The zero-order chi connectivity index (χ0) is 18.1. The van der Waals surface area contributed by atoms with Crippen molar-refractivity contribution in [2.24, 2.45) is 5.73 Å². The molecule has 8 heteroatoms. The number of aliphatic carboxylic acids is 1. The first kappa shape index (κ1) is 20.0. The number of ether oxygens (including phenoxy) is 1. The van der Waals surface area contributed by atoms with E-state index in [4.69, 9.17) is 15.6 Å². The average Bonchev–Trinajstić information content (AvgIpc) is 2.46. The van der Waals surface area contributed by atoms with Crippen molar-refractivity contribution in [3.63, 3.8) is 0 Å². The van der Waals surface area contributed by atoms with Crippen molar-refractivity contribution in [1.29, 1.82) is 0 Å². The first-order valence-corrected chi connectivity index (χ1v) is 10.0. The summed E-state index contributed by atoms with van der Waals surface area (Å²) in [6, 6.07) is 8.77. The number of carbonyl (C=O) groups is 1. The van der Waals surface area contributed by atoms with E-state index in [1.165, 1.54) is 6.92 Å². The standard InChI is InChI=1S/C16H14I3NO4/c1-16(20,15(22)23)7-8-4-11(18)14(12(19)5-8)24-9-2-3-13(21)10(17)6-9/h2-6,21H,7,20H2,1H3,(H,22,23). The Kier molecular flexibility index (Phi) is 6.58. The van der Waals surface area contributed by atoms with E-state index in [0.29, 0.717) is 15.1 Å². The first-order chi connectivity index (χ1) is 11.1. The van der Waals surface area contributed by atoms with Gasteiger partial charge in [-0.1, -0.05) is 0 Å². The summed E-state index contributed by atoms with van der Waals surface area (Å²) in [5, 5.41) is 18.7. The molecule has 0 saturated carbocycles. The van der Waals surface area contributed by atoms with Gasteiger partial charge in [-0.25, -0.2) is 0 Å². The molecule has 0 heterocycles. The monoisotopic (exact) mass is 665 g/mol. The van der Waals surface area contributed by atoms with Gasteiger partial charge in [0, 0.05) is 6.42 Å². The predicted molar refractivity (Wildman–Crippen MR) is 117 cm³/mol. The number of nitrogens with two attached hydrogens (primary N) is 1. The maximum atomic E-state index is 11.2. The molecule has 0 amide bonds. The molecule has 2 rings (SSSR count). The van der Waals surface area contributed by atoms with E-state index in [1.807, 2.05) is 34.7 Å². The van der Waals surface area contributed by atoms with Crippen LogP contribution in [0.2, 0.25) is 0 Å². The van der Waals surface area contributed by atoms with Gasteiger partial charge in [0.25, 0.3) is 0 Å². The molecule has 1 unspecified atom stereocenters. The van der Waals surface area contributed by atoms with Crippen LogP contribution in [0.3, 0.4) is 0 Å². The molecule has 1 atom stereocenters. The third kappa shape index (κ3) is 4.85. The smallest absolute Gasteiger partial charge is 0.323 e. The molecule has 4 N–H and O–H groups in total. The molecule has 0 aliphatic carbocycles. The minimum atomic E-state index is -1.32. The molecule has 5 nitrogen and oxygen atoms in total. The molecule has 2 aromatic rings. The topological polar surface area (TPSA) is 92.8 Å². The lowest BCUT2D eigenvalue weighted by atomic mass is 9.94. The zero-order valence-corrected chi connectivity index (χ0v) is 19.0. The van der Waals surface area contributed by atoms with Gasteiger partial charge in [0.2, 0.25) is 0 Å². The lowest BCUT2D eigenvalue weighted by Crippen LogP contribution is -2.46. The van der Waals surface area contributed by atoms with E-state index < -0.39 is 11.5 Å². The molecule has 128 valence electrons. The van der Waals surface area contributed by atoms with Gasteiger partial charge in [-0.05, 0) is 111 Å². The van der Waals surface area contributed by atoms with E-state index in [2.05, 4.69) is 45.2 Å². The van der Waals surface area contributed by atoms with Gasteiger partial charge in [-0.2, -0.15) is 0 Å². The van der Waals surface area contributed by atoms with Crippen LogP contribution >= 0.6 is 67.8 Å². The SMILES string of the molecule is CC(N)(Cc1cc(I)c(Oc2ccc(O)c(I)c2)c(I)c1)C(=O)O. The first-order valence-electron chi connectivity index (χ1n) is 6.77. The minimum Gasteiger partial charge on any atom is -0.507 e. The van der Waals surface area contributed by atoms with Crippen LogP contribution in [0.4, 0.5) is 0 Å². The Morgan fingerprint density at radius 1 is 1.17 bits per heavy atom. The van der Waals surface area contributed by atoms with Crippen LogP contribution in [-0.2, 0) is 11.2 Å². The van der Waals surface area contributed by atoms with Crippen LogP contribution in [0.15, 0.2) is 30.3 Å². The number of hydrogen-bond acceptors (Lipinski definition) is 4. The number of halogens is 3. The fourth-order valence-corrected chi connectivity index (χ4v) is 4.58. The van der Waals surface area contributed by atoms with E-state index in [-0.39, 0.29) is 12.2 Å². The number of hydrogen-bond donors (Lipinski definition) is 3. The molecule has 0 aromatic heterocycles. The van der Waals surface area contributed by atoms with Gasteiger partial charge >= 0.3 is 5.97 Å². The lowest BCUT2D eigenvalue weighted by molar-refractivity contribution is -0.142. The second-order valence-corrected chi connectivity index (χ2v) is 8.99. The van der Waals surface area contributed by atoms with Gasteiger partial charge in [0.05, 0.1) is 10.7 Å². The van der Waals surface area contributed by atoms with E-state index in [1.54, 1.807) is 18.2 Å². The maximum absolute atomic E-state index is 11.2. The number of carboxylic acids is 1. The Morgan fingerprint density at radius 3 is 2.25 bits per heavy atom. The van der Waals surface area contributed by atoms with Crippen LogP contribution in [0.1, 0.15) is 12.5 Å². The van der Waals surface area contributed by atoms with Gasteiger partial charge in [0.1, 0.15) is 17.0 Å². The molecule has 0 aliphatic heterocycles. The highest BCUT2D eigenvalue weighted by atomic mass is 127. The molecule has 0 radical (unpaired) electrons. The summed E-state index contributed by atoms with van der Waals surface area (Å²) in [5.74, 6) is 0.482. The summed E-state index contributed by atoms with van der Waals surface area (Å²) in [6.45, 7) is 1.50. The third-order valence-electron chi connectivity index (χ3n) is 3.26. The number of phenolic OH excluding ortho intramolecular Hbond substituents is 1. The summed E-state index contributed by atoms with van der Waals surface area (Å²) in [7, 11) is 0. The van der Waals surface area contributed by atoms with Crippen LogP contribution in [-0.4, -0.2) is 21.7 Å². The van der Waals surface area contributed by atoms with Crippen LogP contribution in [0.25, 0.3) is 0 Å². The molecule has 0 aliphatic rings. The molecule has 0 bridgehead atoms. The van der Waals surface area contributed by atoms with E-state index in [9.17, 15) is 9.90 Å². The number of benzene rings is 2. The highest BCUT2D eigenvalue weighted by Gasteiger charge is 2.28. The Bertz CT molecular complexity index is 770. The number of phenols is 1. The molecular weight excluding hydrogens is 651 g/mol. The summed E-state index contributed by atoms with van der Waals surface area (Å²) in [4.78, 5) is 11.2. The maximum Gasteiger partial charge on any atom is 0.323 e. The Hall–Kier alpha value is -0.340. The van der Waals surface area contributed by atoms with Crippen molar-refractivity contribution in [3.8, 4) is 17.2 Å². The molecule has 0 fully saturated rings. The number of aromatic hydroxyl groups is 1. The average molecular weight is 665 g/mol. The molecule has 0 spiro atoms. The summed E-state index contributed by atoms with van der Waals surface area (Å²) in [5.41, 5.74) is 5.34. The highest BCUT2D eigenvalue weighted by molar-refractivity contribution is 14.1. The minimum absolute atomic E-state index is 0.207. The van der Waals surface area contributed by atoms with E-state index >= 15 is 0 Å². The fraction of sp³-hybridized carbons (Fsp3) is 0.188. The van der Waals surface area contributed by atoms with Gasteiger partial charge in [-0.15, -0.1) is 0 Å². The van der Waals surface area contributed by atoms with Gasteiger partial charge in [0.15, 0.2) is 5.75 Å². The predicted octanol–water partition coefficient (Wildman–Crippen LogP) is 4.34. The second-order valence-electron chi connectivity index (χ2n) is 5.50. The van der Waals surface area contributed by atoms with Crippen LogP contribution in [0, 0.1) is 10.7 Å². The van der Waals surface area contributed by atoms with E-state index in [0.717, 1.165) is 12.7 Å². The Balaban J connectivity index is 2.30. The quantitative estimate of drug-likeness (QED) is 0.414. The molecule has 24 heavy (non-hydrogen) atoms. The Morgan fingerprint density at radius 2 is 1.75 bits per heavy atom. The van der Waals surface area contributed by atoms with Crippen molar-refractivity contribution in [1.82, 2.24) is 0 Å². The summed E-state index contributed by atoms with van der Waals surface area (Å²) < 4.78 is 8.35. The summed E-state index contributed by atoms with van der Waals surface area (Å²) in [6.07, 6.45) is 0.228. The summed E-state index contributed by atoms with van der Waals surface area (Å²) >= 11 is 6.34. The van der Waals surface area contributed by atoms with Gasteiger partial charge in [-0.3, -0.25) is 4.79 Å². The zero-order valence-electron chi connectivity index (χ0n) is 12.5. The second kappa shape index (κ2) is 7.91. The van der Waals surface area contributed by atoms with Gasteiger partial charge < -0.3 is 20.7 Å². The molecular formula is C16H14I3NO4. The molecule has 0 saturated heterocycles. The largest absolute Gasteiger partial charge is 0.507 e. The van der Waals surface area contributed by atoms with Crippen molar-refractivity contribution in [2.75, 3.05) is 0 Å². The van der Waals surface area contributed by atoms with Crippen LogP contribution < -0.4 is 10.5 Å².